The number of carbonyl (C=O) groups is 1. The minimum absolute atomic E-state index is 0.309. The summed E-state index contributed by atoms with van der Waals surface area (Å²) >= 11 is 0. The van der Waals surface area contributed by atoms with Crippen LogP contribution >= 0.6 is 0 Å². The second-order valence-corrected chi connectivity index (χ2v) is 3.30. The lowest BCUT2D eigenvalue weighted by Gasteiger charge is -2.26. The first kappa shape index (κ1) is 9.52. The molecule has 3 heteroatoms. The van der Waals surface area contributed by atoms with Gasteiger partial charge in [-0.3, -0.25) is 4.79 Å². The van der Waals surface area contributed by atoms with E-state index in [4.69, 9.17) is 0 Å². The molecule has 12 heavy (non-hydrogen) atoms. The molecule has 0 unspecified atom stereocenters. The van der Waals surface area contributed by atoms with Gasteiger partial charge in [0.15, 0.2) is 0 Å². The van der Waals surface area contributed by atoms with Crippen LogP contribution in [0.3, 0.4) is 0 Å². The van der Waals surface area contributed by atoms with Crippen LogP contribution in [-0.2, 0) is 4.79 Å². The zero-order valence-electron chi connectivity index (χ0n) is 7.81. The first-order valence-electron chi connectivity index (χ1n) is 4.77. The number of likely N-dealkylation sites (tertiary alicyclic amines) is 1. The van der Waals surface area contributed by atoms with Gasteiger partial charge in [0.1, 0.15) is 0 Å². The predicted octanol–water partition coefficient (Wildman–Crippen LogP) is 0.608. The SMILES string of the molecule is CNCCC(=O)N1CCCCC1. The first-order valence-corrected chi connectivity index (χ1v) is 4.77. The quantitative estimate of drug-likeness (QED) is 0.673. The van der Waals surface area contributed by atoms with E-state index in [0.717, 1.165) is 19.6 Å². The van der Waals surface area contributed by atoms with Crippen LogP contribution in [0.2, 0.25) is 0 Å². The number of rotatable bonds is 3. The highest BCUT2D eigenvalue weighted by Crippen LogP contribution is 2.09. The molecule has 3 nitrogen and oxygen atoms in total. The third-order valence-corrected chi connectivity index (χ3v) is 2.30. The van der Waals surface area contributed by atoms with Crippen LogP contribution in [0.4, 0.5) is 0 Å². The first-order chi connectivity index (χ1) is 5.84. The van der Waals surface area contributed by atoms with Crippen LogP contribution in [0.25, 0.3) is 0 Å². The average molecular weight is 170 g/mol. The smallest absolute Gasteiger partial charge is 0.223 e. The van der Waals surface area contributed by atoms with Crippen molar-refractivity contribution in [2.45, 2.75) is 25.7 Å². The van der Waals surface area contributed by atoms with Gasteiger partial charge >= 0.3 is 0 Å². The summed E-state index contributed by atoms with van der Waals surface area (Å²) in [6, 6.07) is 0. The molecule has 1 aliphatic rings. The van der Waals surface area contributed by atoms with E-state index in [1.807, 2.05) is 11.9 Å². The van der Waals surface area contributed by atoms with Gasteiger partial charge in [-0.25, -0.2) is 0 Å². The van der Waals surface area contributed by atoms with E-state index < -0.39 is 0 Å². The molecule has 0 aliphatic carbocycles. The summed E-state index contributed by atoms with van der Waals surface area (Å²) in [5.74, 6) is 0.309. The van der Waals surface area contributed by atoms with Crippen molar-refractivity contribution in [3.05, 3.63) is 0 Å². The van der Waals surface area contributed by atoms with Gasteiger partial charge in [0.2, 0.25) is 5.91 Å². The summed E-state index contributed by atoms with van der Waals surface area (Å²) in [5.41, 5.74) is 0. The van der Waals surface area contributed by atoms with Crippen molar-refractivity contribution < 1.29 is 4.79 Å². The molecule has 0 radical (unpaired) electrons. The number of amides is 1. The van der Waals surface area contributed by atoms with Crippen molar-refractivity contribution in [3.8, 4) is 0 Å². The fourth-order valence-electron chi connectivity index (χ4n) is 1.53. The topological polar surface area (TPSA) is 32.3 Å². The molecule has 1 fully saturated rings. The summed E-state index contributed by atoms with van der Waals surface area (Å²) in [7, 11) is 1.88. The lowest BCUT2D eigenvalue weighted by molar-refractivity contribution is -0.131. The van der Waals surface area contributed by atoms with Gasteiger partial charge in [-0.15, -0.1) is 0 Å². The molecule has 70 valence electrons. The maximum atomic E-state index is 11.4. The summed E-state index contributed by atoms with van der Waals surface area (Å²) < 4.78 is 0. The van der Waals surface area contributed by atoms with Crippen LogP contribution < -0.4 is 5.32 Å². The Morgan fingerprint density at radius 3 is 2.58 bits per heavy atom. The Labute approximate surface area is 74.1 Å². The van der Waals surface area contributed by atoms with E-state index in [1.54, 1.807) is 0 Å². The Hall–Kier alpha value is -0.570. The minimum atomic E-state index is 0.309. The van der Waals surface area contributed by atoms with Gasteiger partial charge < -0.3 is 10.2 Å². The molecule has 0 saturated carbocycles. The lowest BCUT2D eigenvalue weighted by atomic mass is 10.1. The summed E-state index contributed by atoms with van der Waals surface area (Å²) in [6.07, 6.45) is 4.31. The number of nitrogens with zero attached hydrogens (tertiary/aromatic N) is 1. The van der Waals surface area contributed by atoms with E-state index in [9.17, 15) is 4.79 Å². The van der Waals surface area contributed by atoms with E-state index >= 15 is 0 Å². The average Bonchev–Trinajstić information content (AvgIpc) is 2.15. The van der Waals surface area contributed by atoms with Gasteiger partial charge in [-0.2, -0.15) is 0 Å². The molecule has 1 saturated heterocycles. The molecular formula is C9H18N2O. The number of nitrogens with one attached hydrogen (secondary N) is 1. The molecule has 0 aromatic rings. The van der Waals surface area contributed by atoms with Crippen LogP contribution in [-0.4, -0.2) is 37.5 Å². The maximum Gasteiger partial charge on any atom is 0.223 e. The highest BCUT2D eigenvalue weighted by atomic mass is 16.2. The molecule has 1 heterocycles. The highest BCUT2D eigenvalue weighted by Gasteiger charge is 2.14. The van der Waals surface area contributed by atoms with Crippen LogP contribution in [0.5, 0.6) is 0 Å². The van der Waals surface area contributed by atoms with Gasteiger partial charge in [0.25, 0.3) is 0 Å². The van der Waals surface area contributed by atoms with E-state index in [-0.39, 0.29) is 0 Å². The molecule has 1 N–H and O–H groups in total. The normalized spacial score (nSPS) is 17.9. The van der Waals surface area contributed by atoms with Crippen LogP contribution in [0.1, 0.15) is 25.7 Å². The molecule has 0 bridgehead atoms. The summed E-state index contributed by atoms with van der Waals surface area (Å²) in [4.78, 5) is 13.4. The van der Waals surface area contributed by atoms with Gasteiger partial charge in [0, 0.05) is 26.1 Å². The number of piperidine rings is 1. The van der Waals surface area contributed by atoms with Crippen molar-refractivity contribution in [1.29, 1.82) is 0 Å². The number of hydrogen-bond donors (Lipinski definition) is 1. The molecule has 1 aliphatic heterocycles. The summed E-state index contributed by atoms with van der Waals surface area (Å²) in [5, 5.41) is 2.99. The van der Waals surface area contributed by atoms with Crippen molar-refractivity contribution >= 4 is 5.91 Å². The fraction of sp³-hybridized carbons (Fsp3) is 0.889. The molecule has 1 rings (SSSR count). The Morgan fingerprint density at radius 2 is 2.00 bits per heavy atom. The summed E-state index contributed by atoms with van der Waals surface area (Å²) in [6.45, 7) is 2.75. The lowest BCUT2D eigenvalue weighted by Crippen LogP contribution is -2.36. The number of carbonyl (C=O) groups excluding carboxylic acids is 1. The van der Waals surface area contributed by atoms with Gasteiger partial charge in [0.05, 0.1) is 0 Å². The zero-order valence-corrected chi connectivity index (χ0v) is 7.81. The van der Waals surface area contributed by atoms with E-state index in [2.05, 4.69) is 5.32 Å². The van der Waals surface area contributed by atoms with Crippen molar-refractivity contribution in [1.82, 2.24) is 10.2 Å². The third-order valence-electron chi connectivity index (χ3n) is 2.30. The largest absolute Gasteiger partial charge is 0.343 e. The van der Waals surface area contributed by atoms with E-state index in [0.29, 0.717) is 12.3 Å². The number of hydrogen-bond acceptors (Lipinski definition) is 2. The molecule has 1 amide bonds. The predicted molar refractivity (Wildman–Crippen MR) is 49.0 cm³/mol. The van der Waals surface area contributed by atoms with Crippen molar-refractivity contribution in [2.24, 2.45) is 0 Å². The highest BCUT2D eigenvalue weighted by molar-refractivity contribution is 5.76. The van der Waals surface area contributed by atoms with Crippen LogP contribution in [0.15, 0.2) is 0 Å². The minimum Gasteiger partial charge on any atom is -0.343 e. The molecule has 0 atom stereocenters. The zero-order chi connectivity index (χ0) is 8.81. The standard InChI is InChI=1S/C9H18N2O/c1-10-6-5-9(12)11-7-3-2-4-8-11/h10H,2-8H2,1H3. The second kappa shape index (κ2) is 5.14. The Bertz CT molecular complexity index is 141. The van der Waals surface area contributed by atoms with Gasteiger partial charge in [-0.1, -0.05) is 0 Å². The van der Waals surface area contributed by atoms with Crippen molar-refractivity contribution in [2.75, 3.05) is 26.7 Å². The fourth-order valence-corrected chi connectivity index (χ4v) is 1.53. The Morgan fingerprint density at radius 1 is 1.33 bits per heavy atom. The second-order valence-electron chi connectivity index (χ2n) is 3.30. The van der Waals surface area contributed by atoms with E-state index in [1.165, 1.54) is 19.3 Å². The molecule has 0 spiro atoms. The van der Waals surface area contributed by atoms with Gasteiger partial charge in [-0.05, 0) is 26.3 Å². The molecule has 0 aromatic heterocycles. The monoisotopic (exact) mass is 170 g/mol. The molecule has 0 aromatic carbocycles. The maximum absolute atomic E-state index is 11.4. The van der Waals surface area contributed by atoms with Crippen molar-refractivity contribution in [3.63, 3.8) is 0 Å². The Kier molecular flexibility index (Phi) is 4.08. The molecular weight excluding hydrogens is 152 g/mol. The third kappa shape index (κ3) is 2.81. The Balaban J connectivity index is 2.20. The van der Waals surface area contributed by atoms with Crippen LogP contribution in [0, 0.1) is 0 Å².